The molecule has 210 valence electrons. The normalized spacial score (nSPS) is 19.0. The van der Waals surface area contributed by atoms with Crippen molar-refractivity contribution in [3.8, 4) is 11.5 Å². The molecule has 1 saturated heterocycles. The van der Waals surface area contributed by atoms with Gasteiger partial charge < -0.3 is 24.3 Å². The Morgan fingerprint density at radius 1 is 1.27 bits per heavy atom. The number of esters is 2. The summed E-state index contributed by atoms with van der Waals surface area (Å²) < 4.78 is 20.1. The lowest BCUT2D eigenvalue weighted by atomic mass is 9.91. The van der Waals surface area contributed by atoms with Gasteiger partial charge in [-0.1, -0.05) is 44.3 Å². The second-order valence-electron chi connectivity index (χ2n) is 9.02. The molecule has 0 saturated carbocycles. The van der Waals surface area contributed by atoms with Crippen LogP contribution in [0, 0.1) is 5.92 Å². The van der Waals surface area contributed by atoms with Crippen LogP contribution in [0.3, 0.4) is 0 Å². The smallest absolute Gasteiger partial charge is 0.323 e. The highest BCUT2D eigenvalue weighted by atomic mass is 16.7. The number of cyclic esters (lactones) is 1. The highest BCUT2D eigenvalue weighted by Gasteiger charge is 2.24. The first kappa shape index (κ1) is 34.1. The van der Waals surface area contributed by atoms with Gasteiger partial charge in [0.1, 0.15) is 11.7 Å². The Balaban J connectivity index is 0.000000594. The topological polar surface area (TPSA) is 113 Å². The summed E-state index contributed by atoms with van der Waals surface area (Å²) in [5.74, 6) is 0.677. The van der Waals surface area contributed by atoms with E-state index in [0.29, 0.717) is 12.0 Å². The summed E-state index contributed by atoms with van der Waals surface area (Å²) in [6, 6.07) is 1.43. The van der Waals surface area contributed by atoms with Gasteiger partial charge in [0.2, 0.25) is 6.79 Å². The first-order chi connectivity index (χ1) is 17.6. The van der Waals surface area contributed by atoms with Crippen LogP contribution >= 0.6 is 0 Å². The molecule has 2 heterocycles. The van der Waals surface area contributed by atoms with E-state index in [9.17, 15) is 14.4 Å². The van der Waals surface area contributed by atoms with Crippen molar-refractivity contribution in [3.63, 3.8) is 0 Å². The fourth-order valence-electron chi connectivity index (χ4n) is 3.58. The van der Waals surface area contributed by atoms with Crippen molar-refractivity contribution in [2.75, 3.05) is 21.0 Å². The number of aldehydes is 1. The van der Waals surface area contributed by atoms with E-state index in [-0.39, 0.29) is 36.4 Å². The fourth-order valence-corrected chi connectivity index (χ4v) is 3.58. The molecule has 1 aromatic rings. The highest BCUT2D eigenvalue weighted by molar-refractivity contribution is 5.78. The Hall–Kier alpha value is -2.94. The Bertz CT molecular complexity index is 838. The number of hydrogen-bond acceptors (Lipinski definition) is 9. The average Bonchev–Trinajstić information content (AvgIpc) is 2.93. The van der Waals surface area contributed by atoms with E-state index in [1.54, 1.807) is 0 Å². The zero-order valence-electron chi connectivity index (χ0n) is 23.8. The summed E-state index contributed by atoms with van der Waals surface area (Å²) in [7, 11) is 3.26. The maximum Gasteiger partial charge on any atom is 0.323 e. The van der Waals surface area contributed by atoms with Crippen molar-refractivity contribution in [1.82, 2.24) is 10.3 Å². The van der Waals surface area contributed by atoms with Crippen LogP contribution in [0.1, 0.15) is 90.6 Å². The molecule has 0 spiro atoms. The van der Waals surface area contributed by atoms with Crippen molar-refractivity contribution in [1.29, 1.82) is 0 Å². The Kier molecular flexibility index (Phi) is 18.6. The summed E-state index contributed by atoms with van der Waals surface area (Å²) in [6.45, 7) is 11.4. The minimum absolute atomic E-state index is 0.0676. The van der Waals surface area contributed by atoms with Gasteiger partial charge in [-0.15, -0.1) is 0 Å². The third kappa shape index (κ3) is 15.0. The minimum Gasteiger partial charge on any atom is -0.493 e. The van der Waals surface area contributed by atoms with Crippen LogP contribution in [0.5, 0.6) is 11.5 Å². The van der Waals surface area contributed by atoms with Gasteiger partial charge >= 0.3 is 11.9 Å². The number of methoxy groups -OCH3 is 1. The lowest BCUT2D eigenvalue weighted by Gasteiger charge is -2.19. The van der Waals surface area contributed by atoms with E-state index in [1.807, 2.05) is 20.9 Å². The number of nitrogens with one attached hydrogen (secondary N) is 1. The molecule has 1 fully saturated rings. The number of ether oxygens (including phenoxy) is 4. The van der Waals surface area contributed by atoms with Crippen LogP contribution < -0.4 is 14.8 Å². The maximum absolute atomic E-state index is 11.7. The van der Waals surface area contributed by atoms with Crippen LogP contribution in [0.2, 0.25) is 0 Å². The number of allylic oxidation sites excluding steroid dienone is 2. The number of hydrogen-bond donors (Lipinski definition) is 1. The number of carbonyl (C=O) groups excluding carboxylic acids is 3. The van der Waals surface area contributed by atoms with Crippen LogP contribution in [-0.2, 0) is 19.1 Å². The van der Waals surface area contributed by atoms with Crippen molar-refractivity contribution in [2.45, 2.75) is 92.2 Å². The summed E-state index contributed by atoms with van der Waals surface area (Å²) in [5.41, 5.74) is 1.47. The predicted octanol–water partition coefficient (Wildman–Crippen LogP) is 5.27. The second-order valence-corrected chi connectivity index (χ2v) is 9.02. The zero-order valence-corrected chi connectivity index (χ0v) is 23.8. The zero-order chi connectivity index (χ0) is 28.2. The molecule has 1 aliphatic rings. The number of pyridine rings is 1. The molecule has 0 amide bonds. The molecule has 9 heteroatoms. The summed E-state index contributed by atoms with van der Waals surface area (Å²) in [6.07, 6.45) is 10.9. The quantitative estimate of drug-likeness (QED) is 0.211. The number of aromatic nitrogens is 1. The standard InChI is InChI=1S/C13H25NO2.C10H11NO5.C5H10/c1-4-6-11-7-5-8-12(14-3)13(15)16-10(2)9-11;1-7(13)15-6-16-10-8(5-12)11-4-3-9(10)14-2;1-4-5(2)3/h10-12,14H,4-9H2,1-3H3;3-5H,6H2,1-2H3;4H,1-3H3/t10?,11?,12-;;/m0../s1. The lowest BCUT2D eigenvalue weighted by molar-refractivity contribution is -0.151. The Morgan fingerprint density at radius 2 is 1.95 bits per heavy atom. The molecule has 9 nitrogen and oxygen atoms in total. The minimum atomic E-state index is -0.476. The monoisotopic (exact) mass is 522 g/mol. The first-order valence-electron chi connectivity index (χ1n) is 12.8. The first-order valence-corrected chi connectivity index (χ1v) is 12.8. The van der Waals surface area contributed by atoms with Crippen molar-refractivity contribution >= 4 is 18.2 Å². The Labute approximate surface area is 222 Å². The highest BCUT2D eigenvalue weighted by Crippen LogP contribution is 2.28. The number of likely N-dealkylation sites (N-methyl/N-ethyl adjacent to an activating group) is 1. The third-order valence-electron chi connectivity index (χ3n) is 5.69. The van der Waals surface area contributed by atoms with Gasteiger partial charge in [0, 0.05) is 19.2 Å². The van der Waals surface area contributed by atoms with Gasteiger partial charge in [0.25, 0.3) is 0 Å². The maximum atomic E-state index is 11.7. The summed E-state index contributed by atoms with van der Waals surface area (Å²) in [5, 5.41) is 3.04. The summed E-state index contributed by atoms with van der Waals surface area (Å²) in [4.78, 5) is 36.7. The lowest BCUT2D eigenvalue weighted by Crippen LogP contribution is -2.36. The van der Waals surface area contributed by atoms with E-state index < -0.39 is 5.97 Å². The van der Waals surface area contributed by atoms with E-state index in [4.69, 9.17) is 14.2 Å². The molecule has 0 aliphatic carbocycles. The molecule has 2 unspecified atom stereocenters. The summed E-state index contributed by atoms with van der Waals surface area (Å²) >= 11 is 0. The van der Waals surface area contributed by atoms with Crippen molar-refractivity contribution in [2.24, 2.45) is 5.92 Å². The molecule has 1 aromatic heterocycles. The fraction of sp³-hybridized carbons (Fsp3) is 0.643. The van der Waals surface area contributed by atoms with Crippen LogP contribution in [-0.4, -0.2) is 56.3 Å². The molecule has 0 bridgehead atoms. The van der Waals surface area contributed by atoms with E-state index in [0.717, 1.165) is 25.2 Å². The SMILES string of the molecule is CC=C(C)C.CCCC1CCC[C@H](NC)C(=O)OC(C)C1.COc1ccnc(C=O)c1OCOC(C)=O. The van der Waals surface area contributed by atoms with Crippen LogP contribution in [0.25, 0.3) is 0 Å². The van der Waals surface area contributed by atoms with Crippen LogP contribution in [0.15, 0.2) is 23.9 Å². The molecule has 1 N–H and O–H groups in total. The van der Waals surface area contributed by atoms with Crippen molar-refractivity contribution < 1.29 is 33.3 Å². The Morgan fingerprint density at radius 3 is 2.46 bits per heavy atom. The van der Waals surface area contributed by atoms with Gasteiger partial charge in [-0.05, 0) is 53.5 Å². The van der Waals surface area contributed by atoms with Gasteiger partial charge in [-0.2, -0.15) is 0 Å². The number of rotatable bonds is 8. The van der Waals surface area contributed by atoms with Gasteiger partial charge in [-0.3, -0.25) is 14.4 Å². The average molecular weight is 523 g/mol. The molecular formula is C28H46N2O7. The second kappa shape index (κ2) is 20.2. The molecule has 0 radical (unpaired) electrons. The molecule has 37 heavy (non-hydrogen) atoms. The van der Waals surface area contributed by atoms with E-state index >= 15 is 0 Å². The van der Waals surface area contributed by atoms with E-state index in [1.165, 1.54) is 51.1 Å². The molecular weight excluding hydrogens is 476 g/mol. The predicted molar refractivity (Wildman–Crippen MR) is 144 cm³/mol. The van der Waals surface area contributed by atoms with E-state index in [2.05, 4.69) is 41.9 Å². The van der Waals surface area contributed by atoms with Gasteiger partial charge in [-0.25, -0.2) is 4.98 Å². The van der Waals surface area contributed by atoms with Gasteiger partial charge in [0.15, 0.2) is 17.8 Å². The molecule has 2 rings (SSSR count). The molecule has 0 aromatic carbocycles. The van der Waals surface area contributed by atoms with Crippen LogP contribution in [0.4, 0.5) is 0 Å². The van der Waals surface area contributed by atoms with Crippen molar-refractivity contribution in [3.05, 3.63) is 29.6 Å². The number of nitrogens with zero attached hydrogens (tertiary/aromatic N) is 1. The number of carbonyl (C=O) groups is 3. The molecule has 1 aliphatic heterocycles. The third-order valence-corrected chi connectivity index (χ3v) is 5.69. The van der Waals surface area contributed by atoms with Gasteiger partial charge in [0.05, 0.1) is 13.2 Å². The largest absolute Gasteiger partial charge is 0.493 e. The molecule has 3 atom stereocenters.